The first-order chi connectivity index (χ1) is 21.1. The van der Waals surface area contributed by atoms with Crippen LogP contribution in [0.25, 0.3) is 28.2 Å². The molecule has 0 aliphatic rings. The van der Waals surface area contributed by atoms with Gasteiger partial charge in [0.15, 0.2) is 5.65 Å². The number of hydrogen-bond acceptors (Lipinski definition) is 8. The van der Waals surface area contributed by atoms with Crippen molar-refractivity contribution in [3.63, 3.8) is 0 Å². The number of carbonyl (C=O) groups is 2. The minimum Gasteiger partial charge on any atom is -0.443 e. The molecular weight excluding hydrogens is 601 g/mol. The second-order valence-corrected chi connectivity index (χ2v) is 12.8. The van der Waals surface area contributed by atoms with Gasteiger partial charge >= 0.3 is 12.2 Å². The van der Waals surface area contributed by atoms with Gasteiger partial charge in [0.1, 0.15) is 17.0 Å². The molecule has 0 spiro atoms. The Bertz CT molecular complexity index is 1850. The molecule has 5 aromatic rings. The molecule has 0 aliphatic heterocycles. The summed E-state index contributed by atoms with van der Waals surface area (Å²) in [6, 6.07) is 13.1. The van der Waals surface area contributed by atoms with Crippen molar-refractivity contribution in [2.45, 2.75) is 65.7 Å². The molecule has 11 nitrogen and oxygen atoms in total. The summed E-state index contributed by atoms with van der Waals surface area (Å²) >= 11 is 6.56. The van der Waals surface area contributed by atoms with Gasteiger partial charge in [0.2, 0.25) is 0 Å². The lowest BCUT2D eigenvalue weighted by atomic mass is 10.1. The predicted molar refractivity (Wildman–Crippen MR) is 168 cm³/mol. The van der Waals surface area contributed by atoms with E-state index < -0.39 is 23.4 Å². The van der Waals surface area contributed by atoms with E-state index in [2.05, 4.69) is 15.2 Å². The van der Waals surface area contributed by atoms with Crippen LogP contribution in [0.1, 0.15) is 60.1 Å². The molecule has 234 valence electrons. The SMILES string of the molecule is CC(c1ccc(F)cc1)n1cc(-c2nc(-c3ccn4nc(N(C(=O)OC(C)(C)C)C(=O)OC(C)(C)C)nc4c3)ccc2Cl)cn1. The van der Waals surface area contributed by atoms with E-state index in [0.717, 1.165) is 5.56 Å². The molecule has 1 atom stereocenters. The maximum absolute atomic E-state index is 13.4. The van der Waals surface area contributed by atoms with E-state index in [9.17, 15) is 14.0 Å². The molecule has 4 heterocycles. The average molecular weight is 634 g/mol. The minimum absolute atomic E-state index is 0.147. The molecule has 2 amide bonds. The van der Waals surface area contributed by atoms with Crippen LogP contribution in [0.5, 0.6) is 0 Å². The fourth-order valence-electron chi connectivity index (χ4n) is 4.35. The molecule has 1 aromatic carbocycles. The fourth-order valence-corrected chi connectivity index (χ4v) is 4.56. The van der Waals surface area contributed by atoms with Crippen molar-refractivity contribution in [1.82, 2.24) is 29.4 Å². The molecule has 5 rings (SSSR count). The maximum atomic E-state index is 13.4. The quantitative estimate of drug-likeness (QED) is 0.193. The van der Waals surface area contributed by atoms with Crippen molar-refractivity contribution in [1.29, 1.82) is 0 Å². The zero-order valence-corrected chi connectivity index (χ0v) is 26.7. The third-order valence-corrected chi connectivity index (χ3v) is 6.75. The van der Waals surface area contributed by atoms with E-state index in [0.29, 0.717) is 38.1 Å². The van der Waals surface area contributed by atoms with Crippen molar-refractivity contribution in [3.05, 3.63) is 83.5 Å². The lowest BCUT2D eigenvalue weighted by molar-refractivity contribution is 0.0427. The van der Waals surface area contributed by atoms with Crippen LogP contribution < -0.4 is 4.90 Å². The number of amides is 2. The van der Waals surface area contributed by atoms with E-state index in [-0.39, 0.29) is 17.8 Å². The number of imide groups is 1. The highest BCUT2D eigenvalue weighted by atomic mass is 35.5. The van der Waals surface area contributed by atoms with Crippen LogP contribution in [-0.2, 0) is 9.47 Å². The van der Waals surface area contributed by atoms with Gasteiger partial charge in [-0.05, 0) is 90.4 Å². The number of aromatic nitrogens is 6. The molecule has 0 saturated heterocycles. The maximum Gasteiger partial charge on any atom is 0.427 e. The lowest BCUT2D eigenvalue weighted by Crippen LogP contribution is -2.44. The molecule has 13 heteroatoms. The summed E-state index contributed by atoms with van der Waals surface area (Å²) in [6.07, 6.45) is 3.22. The van der Waals surface area contributed by atoms with E-state index in [1.165, 1.54) is 16.6 Å². The fraction of sp³-hybridized carbons (Fsp3) is 0.312. The van der Waals surface area contributed by atoms with Crippen LogP contribution in [0.3, 0.4) is 0 Å². The largest absolute Gasteiger partial charge is 0.443 e. The Morgan fingerprint density at radius 1 is 0.911 bits per heavy atom. The van der Waals surface area contributed by atoms with Gasteiger partial charge in [-0.1, -0.05) is 23.7 Å². The van der Waals surface area contributed by atoms with Crippen LogP contribution in [0.15, 0.2) is 67.1 Å². The van der Waals surface area contributed by atoms with Crippen LogP contribution in [-0.4, -0.2) is 52.8 Å². The number of benzene rings is 1. The van der Waals surface area contributed by atoms with Gasteiger partial charge in [-0.15, -0.1) is 10.00 Å². The number of rotatable bonds is 5. The average Bonchev–Trinajstić information content (AvgIpc) is 3.58. The normalized spacial score (nSPS) is 12.6. The van der Waals surface area contributed by atoms with Gasteiger partial charge in [0.25, 0.3) is 5.95 Å². The number of halogens is 2. The Morgan fingerprint density at radius 2 is 1.56 bits per heavy atom. The highest BCUT2D eigenvalue weighted by molar-refractivity contribution is 6.33. The Balaban J connectivity index is 1.46. The van der Waals surface area contributed by atoms with Crippen LogP contribution in [0.4, 0.5) is 19.9 Å². The number of anilines is 1. The third-order valence-electron chi connectivity index (χ3n) is 6.44. The first-order valence-electron chi connectivity index (χ1n) is 14.2. The Hall–Kier alpha value is -4.84. The summed E-state index contributed by atoms with van der Waals surface area (Å²) in [6.45, 7) is 12.1. The van der Waals surface area contributed by atoms with Crippen LogP contribution in [0.2, 0.25) is 5.02 Å². The van der Waals surface area contributed by atoms with Crippen molar-refractivity contribution in [2.24, 2.45) is 0 Å². The molecule has 1 unspecified atom stereocenters. The number of pyridine rings is 2. The van der Waals surface area contributed by atoms with Gasteiger partial charge in [-0.25, -0.2) is 23.5 Å². The summed E-state index contributed by atoms with van der Waals surface area (Å²) in [5.74, 6) is -0.507. The second kappa shape index (κ2) is 11.9. The number of ether oxygens (including phenoxy) is 2. The zero-order chi connectivity index (χ0) is 32.7. The molecule has 0 saturated carbocycles. The summed E-state index contributed by atoms with van der Waals surface area (Å²) in [4.78, 5) is 36.0. The van der Waals surface area contributed by atoms with Crippen LogP contribution >= 0.6 is 11.6 Å². The molecule has 0 aliphatic carbocycles. The van der Waals surface area contributed by atoms with Crippen LogP contribution in [0, 0.1) is 5.82 Å². The summed E-state index contributed by atoms with van der Waals surface area (Å²) in [5, 5.41) is 9.26. The van der Waals surface area contributed by atoms with E-state index in [4.69, 9.17) is 26.1 Å². The lowest BCUT2D eigenvalue weighted by Gasteiger charge is -2.26. The van der Waals surface area contributed by atoms with E-state index in [1.54, 1.807) is 95.0 Å². The van der Waals surface area contributed by atoms with Crippen molar-refractivity contribution in [2.75, 3.05) is 4.90 Å². The van der Waals surface area contributed by atoms with Gasteiger partial charge in [-0.2, -0.15) is 10.1 Å². The molecule has 0 radical (unpaired) electrons. The Kier molecular flexibility index (Phi) is 8.37. The van der Waals surface area contributed by atoms with Crippen molar-refractivity contribution >= 4 is 35.4 Å². The standard InChI is InChI=1S/C32H33ClFN7O4/c1-19(20-8-10-23(34)11-9-20)40-18-22(17-35-40)27-24(33)12-13-25(36-27)21-14-15-39-26(16-21)37-28(38-39)41(29(42)44-31(2,3)4)30(43)45-32(5,6)7/h8-19H,1-7H3. The van der Waals surface area contributed by atoms with Gasteiger partial charge in [0, 0.05) is 23.5 Å². The number of nitrogens with zero attached hydrogens (tertiary/aromatic N) is 7. The number of fused-ring (bicyclic) bond motifs is 1. The predicted octanol–water partition coefficient (Wildman–Crippen LogP) is 7.73. The van der Waals surface area contributed by atoms with Crippen molar-refractivity contribution < 1.29 is 23.5 Å². The topological polar surface area (TPSA) is 117 Å². The molecule has 0 fully saturated rings. The molecule has 45 heavy (non-hydrogen) atoms. The molecule has 4 aromatic heterocycles. The zero-order valence-electron chi connectivity index (χ0n) is 25.9. The first kappa shape index (κ1) is 31.6. The van der Waals surface area contributed by atoms with E-state index >= 15 is 0 Å². The Morgan fingerprint density at radius 3 is 2.18 bits per heavy atom. The second-order valence-electron chi connectivity index (χ2n) is 12.4. The molecule has 0 bridgehead atoms. The smallest absolute Gasteiger partial charge is 0.427 e. The Labute approximate surface area is 264 Å². The van der Waals surface area contributed by atoms with Gasteiger partial charge in [0.05, 0.1) is 28.6 Å². The first-order valence-corrected chi connectivity index (χ1v) is 14.6. The van der Waals surface area contributed by atoms with E-state index in [1.807, 2.05) is 13.1 Å². The summed E-state index contributed by atoms with van der Waals surface area (Å²) < 4.78 is 27.5. The number of carbonyl (C=O) groups excluding carboxylic acids is 2. The number of hydrogen-bond donors (Lipinski definition) is 0. The molecular formula is C32H33ClFN7O4. The van der Waals surface area contributed by atoms with Crippen molar-refractivity contribution in [3.8, 4) is 22.5 Å². The van der Waals surface area contributed by atoms with Gasteiger partial charge < -0.3 is 9.47 Å². The van der Waals surface area contributed by atoms with Gasteiger partial charge in [-0.3, -0.25) is 4.68 Å². The summed E-state index contributed by atoms with van der Waals surface area (Å²) in [5.41, 5.74) is 2.00. The summed E-state index contributed by atoms with van der Waals surface area (Å²) in [7, 11) is 0. The monoisotopic (exact) mass is 633 g/mol. The molecule has 0 N–H and O–H groups in total. The minimum atomic E-state index is -0.966. The third kappa shape index (κ3) is 7.28. The highest BCUT2D eigenvalue weighted by Gasteiger charge is 2.35. The highest BCUT2D eigenvalue weighted by Crippen LogP contribution is 2.31.